The van der Waals surface area contributed by atoms with Crippen LogP contribution in [0.3, 0.4) is 0 Å². The number of hydrogen-bond donors (Lipinski definition) is 1. The minimum absolute atomic E-state index is 0.0267. The van der Waals surface area contributed by atoms with Crippen LogP contribution in [0.2, 0.25) is 0 Å². The lowest BCUT2D eigenvalue weighted by Gasteiger charge is -2.28. The average molecular weight is 357 g/mol. The van der Waals surface area contributed by atoms with Gasteiger partial charge in [-0.2, -0.15) is 4.98 Å². The number of alkyl halides is 1. The van der Waals surface area contributed by atoms with Crippen molar-refractivity contribution in [3.8, 4) is 0 Å². The maximum atomic E-state index is 15.5. The predicted octanol–water partition coefficient (Wildman–Crippen LogP) is 0.334. The summed E-state index contributed by atoms with van der Waals surface area (Å²) in [5.41, 5.74) is 2.32. The monoisotopic (exact) mass is 357 g/mol. The molecule has 138 valence electrons. The fourth-order valence-electron chi connectivity index (χ4n) is 2.80. The molecule has 1 aromatic rings. The number of ether oxygens (including phenoxy) is 3. The number of anilines is 1. The Morgan fingerprint density at radius 1 is 1.44 bits per heavy atom. The van der Waals surface area contributed by atoms with Gasteiger partial charge in [0.2, 0.25) is 0 Å². The highest BCUT2D eigenvalue weighted by Gasteiger charge is 2.60. The van der Waals surface area contributed by atoms with Gasteiger partial charge in [0.15, 0.2) is 18.0 Å². The van der Waals surface area contributed by atoms with Crippen molar-refractivity contribution in [3.05, 3.63) is 22.7 Å². The van der Waals surface area contributed by atoms with Gasteiger partial charge in [-0.05, 0) is 19.9 Å². The van der Waals surface area contributed by atoms with Gasteiger partial charge in [0.25, 0.3) is 0 Å². The molecule has 1 fully saturated rings. The summed E-state index contributed by atoms with van der Waals surface area (Å²) in [7, 11) is 0. The molecule has 1 aromatic heterocycles. The van der Waals surface area contributed by atoms with E-state index < -0.39 is 47.8 Å². The number of nitrogens with two attached hydrogens (primary N) is 1. The lowest BCUT2D eigenvalue weighted by molar-refractivity contribution is -0.165. The van der Waals surface area contributed by atoms with Gasteiger partial charge in [0, 0.05) is 20.0 Å². The van der Waals surface area contributed by atoms with Crippen LogP contribution in [0.25, 0.3) is 0 Å². The second-order valence-electron chi connectivity index (χ2n) is 5.99. The van der Waals surface area contributed by atoms with E-state index >= 15 is 4.39 Å². The van der Waals surface area contributed by atoms with Crippen molar-refractivity contribution in [2.75, 3.05) is 5.73 Å². The summed E-state index contributed by atoms with van der Waals surface area (Å²) in [4.78, 5) is 38.1. The molecular formula is C15H20FN3O6. The maximum Gasteiger partial charge on any atom is 0.351 e. The van der Waals surface area contributed by atoms with Gasteiger partial charge in [0.1, 0.15) is 18.0 Å². The number of nitrogen functional groups attached to an aromatic ring is 1. The molecule has 25 heavy (non-hydrogen) atoms. The molecule has 0 aliphatic carbocycles. The molecular weight excluding hydrogens is 337 g/mol. The van der Waals surface area contributed by atoms with Crippen molar-refractivity contribution in [1.82, 2.24) is 9.55 Å². The van der Waals surface area contributed by atoms with Crippen LogP contribution < -0.4 is 11.4 Å². The maximum absolute atomic E-state index is 15.5. The molecule has 0 radical (unpaired) electrons. The van der Waals surface area contributed by atoms with Crippen LogP contribution in [0.1, 0.15) is 33.9 Å². The molecule has 0 saturated carbocycles. The molecule has 2 heterocycles. The van der Waals surface area contributed by atoms with Crippen molar-refractivity contribution in [1.29, 1.82) is 0 Å². The summed E-state index contributed by atoms with van der Waals surface area (Å²) in [6.45, 7) is 4.92. The summed E-state index contributed by atoms with van der Waals surface area (Å²) in [6.07, 6.45) is -3.64. The van der Waals surface area contributed by atoms with E-state index in [1.54, 1.807) is 0 Å². The number of rotatable bonds is 4. The fraction of sp³-hybridized carbons (Fsp3) is 0.600. The van der Waals surface area contributed by atoms with E-state index in [4.69, 9.17) is 19.9 Å². The fourth-order valence-corrected chi connectivity index (χ4v) is 2.80. The molecule has 1 unspecified atom stereocenters. The number of carbonyl (C=O) groups excluding carboxylic acids is 2. The predicted molar refractivity (Wildman–Crippen MR) is 83.1 cm³/mol. The standard InChI is InChI=1S/C15H20FN3O6/c1-7(23-8(2)20)11-12(24-9(3)21)15(4,16)13(25-11)19-6-5-10(17)18-14(19)22/h5-7,11-13H,1-4H3,(H2,17,18,22)/t7-,11?,12+,13+,15+/m0/s1. The van der Waals surface area contributed by atoms with Gasteiger partial charge in [0.05, 0.1) is 0 Å². The highest BCUT2D eigenvalue weighted by Crippen LogP contribution is 2.44. The third-order valence-corrected chi connectivity index (χ3v) is 3.84. The number of carbonyl (C=O) groups is 2. The lowest BCUT2D eigenvalue weighted by atomic mass is 9.95. The summed E-state index contributed by atoms with van der Waals surface area (Å²) in [6, 6.07) is 1.31. The molecule has 0 bridgehead atoms. The summed E-state index contributed by atoms with van der Waals surface area (Å²) >= 11 is 0. The Morgan fingerprint density at radius 3 is 2.60 bits per heavy atom. The molecule has 10 heteroatoms. The molecule has 1 aliphatic rings. The Hall–Kier alpha value is -2.49. The van der Waals surface area contributed by atoms with E-state index in [0.717, 1.165) is 18.4 Å². The van der Waals surface area contributed by atoms with Crippen LogP contribution in [0.5, 0.6) is 0 Å². The largest absolute Gasteiger partial charge is 0.460 e. The van der Waals surface area contributed by atoms with Crippen LogP contribution in [0, 0.1) is 0 Å². The van der Waals surface area contributed by atoms with E-state index in [2.05, 4.69) is 4.98 Å². The first-order chi connectivity index (χ1) is 11.5. The lowest BCUT2D eigenvalue weighted by Crippen LogP contribution is -2.47. The molecule has 2 rings (SSSR count). The first kappa shape index (κ1) is 18.8. The van der Waals surface area contributed by atoms with E-state index in [-0.39, 0.29) is 5.82 Å². The van der Waals surface area contributed by atoms with Gasteiger partial charge in [-0.25, -0.2) is 9.18 Å². The van der Waals surface area contributed by atoms with Gasteiger partial charge >= 0.3 is 17.6 Å². The number of esters is 2. The molecule has 9 nitrogen and oxygen atoms in total. The zero-order chi connectivity index (χ0) is 18.9. The van der Waals surface area contributed by atoms with Crippen molar-refractivity contribution in [2.24, 2.45) is 0 Å². The Morgan fingerprint density at radius 2 is 2.08 bits per heavy atom. The highest BCUT2D eigenvalue weighted by atomic mass is 19.1. The van der Waals surface area contributed by atoms with Crippen LogP contribution in [0.4, 0.5) is 10.2 Å². The molecule has 1 saturated heterocycles. The minimum Gasteiger partial charge on any atom is -0.460 e. The zero-order valence-electron chi connectivity index (χ0n) is 14.3. The van der Waals surface area contributed by atoms with Gasteiger partial charge in [-0.1, -0.05) is 0 Å². The van der Waals surface area contributed by atoms with Crippen molar-refractivity contribution in [3.63, 3.8) is 0 Å². The smallest absolute Gasteiger partial charge is 0.351 e. The molecule has 0 spiro atoms. The Balaban J connectivity index is 2.43. The average Bonchev–Trinajstić information content (AvgIpc) is 2.70. The minimum atomic E-state index is -2.29. The van der Waals surface area contributed by atoms with Gasteiger partial charge in [-0.15, -0.1) is 0 Å². The number of halogens is 1. The summed E-state index contributed by atoms with van der Waals surface area (Å²) in [5, 5.41) is 0. The second kappa shape index (κ2) is 6.79. The van der Waals surface area contributed by atoms with Crippen LogP contribution in [-0.2, 0) is 23.8 Å². The van der Waals surface area contributed by atoms with Crippen molar-refractivity contribution in [2.45, 2.75) is 57.9 Å². The first-order valence-corrected chi connectivity index (χ1v) is 7.57. The third-order valence-electron chi connectivity index (χ3n) is 3.84. The van der Waals surface area contributed by atoms with Gasteiger partial charge < -0.3 is 19.9 Å². The summed E-state index contributed by atoms with van der Waals surface area (Å²) in [5.74, 6) is -1.37. The zero-order valence-corrected chi connectivity index (χ0v) is 14.3. The second-order valence-corrected chi connectivity index (χ2v) is 5.99. The number of hydrogen-bond acceptors (Lipinski definition) is 8. The molecule has 5 atom stereocenters. The van der Waals surface area contributed by atoms with Crippen LogP contribution >= 0.6 is 0 Å². The Labute approximate surface area is 142 Å². The van der Waals surface area contributed by atoms with E-state index in [9.17, 15) is 14.4 Å². The summed E-state index contributed by atoms with van der Waals surface area (Å²) < 4.78 is 32.1. The molecule has 2 N–H and O–H groups in total. The Kier molecular flexibility index (Phi) is 5.12. The van der Waals surface area contributed by atoms with Gasteiger partial charge in [-0.3, -0.25) is 14.2 Å². The van der Waals surface area contributed by atoms with Crippen molar-refractivity contribution >= 4 is 17.8 Å². The topological polar surface area (TPSA) is 123 Å². The van der Waals surface area contributed by atoms with Crippen LogP contribution in [-0.4, -0.2) is 45.5 Å². The number of nitrogens with zero attached hydrogens (tertiary/aromatic N) is 2. The Bertz CT molecular complexity index is 734. The molecule has 1 aliphatic heterocycles. The van der Waals surface area contributed by atoms with Crippen LogP contribution in [0.15, 0.2) is 17.1 Å². The SMILES string of the molecule is CC(=O)O[C@@H](C)C1O[C@@H](n2ccc(N)nc2=O)[C@](C)(F)[C@@H]1OC(C)=O. The normalized spacial score (nSPS) is 29.9. The first-order valence-electron chi connectivity index (χ1n) is 7.57. The van der Waals surface area contributed by atoms with E-state index in [1.165, 1.54) is 26.1 Å². The number of aromatic nitrogens is 2. The molecule has 0 aromatic carbocycles. The van der Waals surface area contributed by atoms with Crippen molar-refractivity contribution < 1.29 is 28.2 Å². The van der Waals surface area contributed by atoms with E-state index in [0.29, 0.717) is 0 Å². The van der Waals surface area contributed by atoms with E-state index in [1.807, 2.05) is 0 Å². The quantitative estimate of drug-likeness (QED) is 0.765. The molecule has 0 amide bonds. The third kappa shape index (κ3) is 3.78. The highest BCUT2D eigenvalue weighted by molar-refractivity contribution is 5.67.